The van der Waals surface area contributed by atoms with Crippen LogP contribution in [0.2, 0.25) is 0 Å². The van der Waals surface area contributed by atoms with Crippen LogP contribution in [0.1, 0.15) is 18.4 Å². The van der Waals surface area contributed by atoms with Crippen molar-refractivity contribution in [1.29, 1.82) is 5.26 Å². The molecule has 94 valence electrons. The van der Waals surface area contributed by atoms with E-state index < -0.39 is 0 Å². The van der Waals surface area contributed by atoms with Gasteiger partial charge in [0.15, 0.2) is 0 Å². The van der Waals surface area contributed by atoms with Gasteiger partial charge in [0.25, 0.3) is 0 Å². The summed E-state index contributed by atoms with van der Waals surface area (Å²) in [5.74, 6) is 0. The normalized spacial score (nSPS) is 13.7. The van der Waals surface area contributed by atoms with E-state index in [0.717, 1.165) is 6.54 Å². The van der Waals surface area contributed by atoms with Gasteiger partial charge >= 0.3 is 6.03 Å². The molecular formula is C13H16N4O. The summed E-state index contributed by atoms with van der Waals surface area (Å²) < 4.78 is 0. The van der Waals surface area contributed by atoms with E-state index in [1.807, 2.05) is 6.07 Å². The van der Waals surface area contributed by atoms with Crippen molar-refractivity contribution < 1.29 is 4.79 Å². The highest BCUT2D eigenvalue weighted by Crippen LogP contribution is 2.17. The minimum atomic E-state index is -0.225. The fourth-order valence-corrected chi connectivity index (χ4v) is 1.54. The van der Waals surface area contributed by atoms with E-state index in [2.05, 4.69) is 16.0 Å². The first-order valence-corrected chi connectivity index (χ1v) is 6.06. The molecule has 2 amide bonds. The second-order valence-corrected chi connectivity index (χ2v) is 4.30. The maximum atomic E-state index is 11.5. The van der Waals surface area contributed by atoms with Crippen LogP contribution < -0.4 is 16.0 Å². The van der Waals surface area contributed by atoms with Gasteiger partial charge in [-0.3, -0.25) is 0 Å². The van der Waals surface area contributed by atoms with Gasteiger partial charge in [-0.1, -0.05) is 0 Å². The maximum absolute atomic E-state index is 11.5. The number of urea groups is 1. The zero-order chi connectivity index (χ0) is 12.8. The SMILES string of the molecule is N#Cc1ccc(NC(=O)NCCNC2CC2)cc1. The van der Waals surface area contributed by atoms with Crippen molar-refractivity contribution in [3.8, 4) is 6.07 Å². The molecule has 0 spiro atoms. The fourth-order valence-electron chi connectivity index (χ4n) is 1.54. The van der Waals surface area contributed by atoms with Gasteiger partial charge in [0.2, 0.25) is 0 Å². The van der Waals surface area contributed by atoms with Gasteiger partial charge in [-0.15, -0.1) is 0 Å². The van der Waals surface area contributed by atoms with E-state index in [4.69, 9.17) is 5.26 Å². The summed E-state index contributed by atoms with van der Waals surface area (Å²) in [5.41, 5.74) is 1.26. The van der Waals surface area contributed by atoms with E-state index in [-0.39, 0.29) is 6.03 Å². The van der Waals surface area contributed by atoms with E-state index >= 15 is 0 Å². The molecule has 0 aliphatic heterocycles. The molecule has 18 heavy (non-hydrogen) atoms. The lowest BCUT2D eigenvalue weighted by Crippen LogP contribution is -2.35. The summed E-state index contributed by atoms with van der Waals surface area (Å²) in [7, 11) is 0. The number of nitrogens with one attached hydrogen (secondary N) is 3. The first kappa shape index (κ1) is 12.4. The van der Waals surface area contributed by atoms with Crippen molar-refractivity contribution in [3.05, 3.63) is 29.8 Å². The van der Waals surface area contributed by atoms with Crippen molar-refractivity contribution in [3.63, 3.8) is 0 Å². The Morgan fingerprint density at radius 2 is 2.00 bits per heavy atom. The molecule has 0 radical (unpaired) electrons. The molecule has 0 bridgehead atoms. The summed E-state index contributed by atoms with van der Waals surface area (Å²) >= 11 is 0. The lowest BCUT2D eigenvalue weighted by atomic mass is 10.2. The summed E-state index contributed by atoms with van der Waals surface area (Å²) in [6.45, 7) is 1.41. The Labute approximate surface area is 106 Å². The lowest BCUT2D eigenvalue weighted by molar-refractivity contribution is 0.252. The number of amides is 2. The van der Waals surface area contributed by atoms with Crippen LogP contribution in [0.3, 0.4) is 0 Å². The summed E-state index contributed by atoms with van der Waals surface area (Å²) in [6, 6.07) is 9.22. The third-order valence-corrected chi connectivity index (χ3v) is 2.69. The summed E-state index contributed by atoms with van der Waals surface area (Å²) in [5, 5.41) is 17.4. The first-order chi connectivity index (χ1) is 8.78. The molecule has 0 atom stereocenters. The third-order valence-electron chi connectivity index (χ3n) is 2.69. The number of nitriles is 1. The molecule has 1 aromatic carbocycles. The quantitative estimate of drug-likeness (QED) is 0.686. The average Bonchev–Trinajstić information content (AvgIpc) is 3.20. The number of carbonyl (C=O) groups excluding carboxylic acids is 1. The summed E-state index contributed by atoms with van der Waals surface area (Å²) in [6.07, 6.45) is 2.49. The van der Waals surface area contributed by atoms with Gasteiger partial charge in [-0.2, -0.15) is 5.26 Å². The monoisotopic (exact) mass is 244 g/mol. The predicted octanol–water partition coefficient (Wildman–Crippen LogP) is 1.43. The molecule has 3 N–H and O–H groups in total. The average molecular weight is 244 g/mol. The fraction of sp³-hybridized carbons (Fsp3) is 0.385. The smallest absolute Gasteiger partial charge is 0.319 e. The maximum Gasteiger partial charge on any atom is 0.319 e. The largest absolute Gasteiger partial charge is 0.337 e. The molecule has 5 nitrogen and oxygen atoms in total. The van der Waals surface area contributed by atoms with Crippen molar-refractivity contribution in [2.45, 2.75) is 18.9 Å². The van der Waals surface area contributed by atoms with E-state index in [1.54, 1.807) is 24.3 Å². The van der Waals surface area contributed by atoms with Crippen LogP contribution in [0, 0.1) is 11.3 Å². The lowest BCUT2D eigenvalue weighted by Gasteiger charge is -2.08. The number of rotatable bonds is 5. The Hall–Kier alpha value is -2.06. The highest BCUT2D eigenvalue weighted by Gasteiger charge is 2.19. The Kier molecular flexibility index (Phi) is 4.15. The van der Waals surface area contributed by atoms with E-state index in [0.29, 0.717) is 23.8 Å². The van der Waals surface area contributed by atoms with Crippen LogP contribution in [-0.4, -0.2) is 25.2 Å². The molecule has 5 heteroatoms. The standard InChI is InChI=1S/C13H16N4O/c14-9-10-1-3-12(4-2-10)17-13(18)16-8-7-15-11-5-6-11/h1-4,11,15H,5-8H2,(H2,16,17,18). The molecular weight excluding hydrogens is 228 g/mol. The molecule has 0 aromatic heterocycles. The third kappa shape index (κ3) is 4.07. The predicted molar refractivity (Wildman–Crippen MR) is 69.2 cm³/mol. The van der Waals surface area contributed by atoms with Gasteiger partial charge in [0.1, 0.15) is 0 Å². The Balaban J connectivity index is 1.67. The number of hydrogen-bond acceptors (Lipinski definition) is 3. The van der Waals surface area contributed by atoms with Crippen LogP contribution in [0.15, 0.2) is 24.3 Å². The second-order valence-electron chi connectivity index (χ2n) is 4.30. The van der Waals surface area contributed by atoms with Gasteiger partial charge in [0.05, 0.1) is 11.6 Å². The molecule has 0 unspecified atom stereocenters. The molecule has 1 aliphatic carbocycles. The van der Waals surface area contributed by atoms with Crippen molar-refractivity contribution in [2.75, 3.05) is 18.4 Å². The highest BCUT2D eigenvalue weighted by molar-refractivity contribution is 5.89. The van der Waals surface area contributed by atoms with Crippen LogP contribution >= 0.6 is 0 Å². The van der Waals surface area contributed by atoms with Gasteiger partial charge < -0.3 is 16.0 Å². The molecule has 1 aromatic rings. The molecule has 2 rings (SSSR count). The number of nitrogens with zero attached hydrogens (tertiary/aromatic N) is 1. The molecule has 1 saturated carbocycles. The molecule has 0 saturated heterocycles. The topological polar surface area (TPSA) is 77.0 Å². The second kappa shape index (κ2) is 6.03. The van der Waals surface area contributed by atoms with Crippen LogP contribution in [0.5, 0.6) is 0 Å². The van der Waals surface area contributed by atoms with Crippen LogP contribution in [0.25, 0.3) is 0 Å². The van der Waals surface area contributed by atoms with Crippen LogP contribution in [0.4, 0.5) is 10.5 Å². The minimum absolute atomic E-state index is 0.225. The number of carbonyl (C=O) groups is 1. The van der Waals surface area contributed by atoms with E-state index in [9.17, 15) is 4.79 Å². The van der Waals surface area contributed by atoms with Crippen molar-refractivity contribution >= 4 is 11.7 Å². The summed E-state index contributed by atoms with van der Waals surface area (Å²) in [4.78, 5) is 11.5. The molecule has 1 fully saturated rings. The Morgan fingerprint density at radius 3 is 2.61 bits per heavy atom. The molecule has 0 heterocycles. The highest BCUT2D eigenvalue weighted by atomic mass is 16.2. The molecule has 1 aliphatic rings. The zero-order valence-corrected chi connectivity index (χ0v) is 10.1. The van der Waals surface area contributed by atoms with E-state index in [1.165, 1.54) is 12.8 Å². The van der Waals surface area contributed by atoms with Crippen molar-refractivity contribution in [1.82, 2.24) is 10.6 Å². The minimum Gasteiger partial charge on any atom is -0.337 e. The van der Waals surface area contributed by atoms with Crippen molar-refractivity contribution in [2.24, 2.45) is 0 Å². The van der Waals surface area contributed by atoms with Gasteiger partial charge in [0, 0.05) is 24.8 Å². The number of hydrogen-bond donors (Lipinski definition) is 3. The van der Waals surface area contributed by atoms with Gasteiger partial charge in [-0.25, -0.2) is 4.79 Å². The Morgan fingerprint density at radius 1 is 1.28 bits per heavy atom. The number of benzene rings is 1. The first-order valence-electron chi connectivity index (χ1n) is 6.06. The zero-order valence-electron chi connectivity index (χ0n) is 10.1. The van der Waals surface area contributed by atoms with Crippen LogP contribution in [-0.2, 0) is 0 Å². The number of anilines is 1. The van der Waals surface area contributed by atoms with Gasteiger partial charge in [-0.05, 0) is 37.1 Å². The Bertz CT molecular complexity index is 445.